The van der Waals surface area contributed by atoms with Gasteiger partial charge in [-0.3, -0.25) is 0 Å². The third-order valence-corrected chi connectivity index (χ3v) is 1.62. The van der Waals surface area contributed by atoms with Gasteiger partial charge in [-0.25, -0.2) is 8.78 Å². The van der Waals surface area contributed by atoms with Crippen LogP contribution in [0.5, 0.6) is 0 Å². The van der Waals surface area contributed by atoms with Crippen molar-refractivity contribution in [3.63, 3.8) is 0 Å². The summed E-state index contributed by atoms with van der Waals surface area (Å²) in [7, 11) is 0. The van der Waals surface area contributed by atoms with Crippen molar-refractivity contribution in [3.05, 3.63) is 0 Å². The quantitative estimate of drug-likeness (QED) is 0.720. The Balaban J connectivity index is 5.54. The van der Waals surface area contributed by atoms with Gasteiger partial charge in [0.15, 0.2) is 5.67 Å². The van der Waals surface area contributed by atoms with Gasteiger partial charge >= 0.3 is 18.0 Å². The Labute approximate surface area is 74.5 Å². The van der Waals surface area contributed by atoms with Crippen molar-refractivity contribution in [2.24, 2.45) is 0 Å². The fourth-order valence-electron chi connectivity index (χ4n) is 0.865. The maximum absolute atomic E-state index is 12.8. The van der Waals surface area contributed by atoms with Crippen LogP contribution in [0.3, 0.4) is 0 Å². The van der Waals surface area contributed by atoms with E-state index in [0.29, 0.717) is 0 Å². The maximum atomic E-state index is 12.8. The summed E-state index contributed by atoms with van der Waals surface area (Å²) in [5, 5.41) is 7.74. The summed E-state index contributed by atoms with van der Waals surface area (Å²) >= 11 is 0. The fraction of sp³-hybridized carbons (Fsp3) is 1.00. The van der Waals surface area contributed by atoms with Gasteiger partial charge in [0.05, 0.1) is 0 Å². The van der Waals surface area contributed by atoms with Crippen LogP contribution in [0.25, 0.3) is 0 Å². The molecule has 0 spiro atoms. The zero-order valence-electron chi connectivity index (χ0n) is 7.09. The highest BCUT2D eigenvalue weighted by molar-refractivity contribution is 5.05. The first-order valence-electron chi connectivity index (χ1n) is 3.30. The number of halogens is 7. The van der Waals surface area contributed by atoms with Gasteiger partial charge in [-0.1, -0.05) is 0 Å². The first-order valence-corrected chi connectivity index (χ1v) is 3.30. The standard InChI is InChI=1S/C6H7F7O/c1-3(2,7)4(8,5(9,10)11)6(12,13)14/h14H,1-2H3. The highest BCUT2D eigenvalue weighted by atomic mass is 19.4. The molecule has 0 aromatic heterocycles. The van der Waals surface area contributed by atoms with E-state index in [1.165, 1.54) is 0 Å². The lowest BCUT2D eigenvalue weighted by Gasteiger charge is -2.37. The summed E-state index contributed by atoms with van der Waals surface area (Å²) in [6, 6.07) is 0. The minimum absolute atomic E-state index is 0.0371. The number of hydrogen-bond donors (Lipinski definition) is 1. The first kappa shape index (κ1) is 13.5. The van der Waals surface area contributed by atoms with Crippen molar-refractivity contribution in [1.29, 1.82) is 0 Å². The van der Waals surface area contributed by atoms with Gasteiger partial charge in [-0.2, -0.15) is 22.0 Å². The van der Waals surface area contributed by atoms with E-state index < -0.39 is 23.6 Å². The topological polar surface area (TPSA) is 20.2 Å². The minimum atomic E-state index is -6.22. The molecule has 0 bridgehead atoms. The zero-order valence-corrected chi connectivity index (χ0v) is 7.09. The highest BCUT2D eigenvalue weighted by Crippen LogP contribution is 2.51. The van der Waals surface area contributed by atoms with E-state index in [0.717, 1.165) is 0 Å². The molecule has 0 amide bonds. The first-order chi connectivity index (χ1) is 5.75. The Bertz CT molecular complexity index is 172. The molecule has 86 valence electrons. The Morgan fingerprint density at radius 3 is 1.07 bits per heavy atom. The van der Waals surface area contributed by atoms with Gasteiger partial charge in [-0.15, -0.1) is 0 Å². The second-order valence-corrected chi connectivity index (χ2v) is 3.17. The van der Waals surface area contributed by atoms with E-state index in [1.54, 1.807) is 0 Å². The van der Waals surface area contributed by atoms with Crippen LogP contribution in [0.15, 0.2) is 0 Å². The lowest BCUT2D eigenvalue weighted by molar-refractivity contribution is -0.395. The van der Waals surface area contributed by atoms with Crippen LogP contribution in [0.2, 0.25) is 0 Å². The maximum Gasteiger partial charge on any atom is 0.434 e. The van der Waals surface area contributed by atoms with Gasteiger partial charge < -0.3 is 5.11 Å². The molecule has 0 saturated heterocycles. The summed E-state index contributed by atoms with van der Waals surface area (Å²) in [5.41, 5.74) is -9.60. The molecule has 0 rings (SSSR count). The second kappa shape index (κ2) is 2.98. The van der Waals surface area contributed by atoms with Crippen molar-refractivity contribution < 1.29 is 35.8 Å². The Hall–Kier alpha value is -0.530. The van der Waals surface area contributed by atoms with Crippen LogP contribution >= 0.6 is 0 Å². The zero-order chi connectivity index (χ0) is 12.0. The van der Waals surface area contributed by atoms with Crippen molar-refractivity contribution in [3.8, 4) is 0 Å². The SMILES string of the molecule is CC(C)(F)C(F)(C(O)(F)F)C(F)(F)F. The van der Waals surface area contributed by atoms with Crippen LogP contribution in [0.1, 0.15) is 13.8 Å². The monoisotopic (exact) mass is 228 g/mol. The van der Waals surface area contributed by atoms with Crippen molar-refractivity contribution in [2.75, 3.05) is 0 Å². The summed E-state index contributed by atoms with van der Waals surface area (Å²) < 4.78 is 85.0. The largest absolute Gasteiger partial charge is 0.434 e. The molecule has 14 heavy (non-hydrogen) atoms. The van der Waals surface area contributed by atoms with Gasteiger partial charge in [0, 0.05) is 0 Å². The van der Waals surface area contributed by atoms with E-state index in [4.69, 9.17) is 5.11 Å². The summed E-state index contributed by atoms with van der Waals surface area (Å²) in [5.74, 6) is 0. The number of aliphatic hydroxyl groups is 1. The predicted octanol–water partition coefficient (Wildman–Crippen LogP) is 2.59. The van der Waals surface area contributed by atoms with Gasteiger partial charge in [0.2, 0.25) is 0 Å². The van der Waals surface area contributed by atoms with Gasteiger partial charge in [-0.05, 0) is 13.8 Å². The third-order valence-electron chi connectivity index (χ3n) is 1.62. The molecule has 0 radical (unpaired) electrons. The number of alkyl halides is 7. The van der Waals surface area contributed by atoms with Crippen LogP contribution in [0, 0.1) is 0 Å². The van der Waals surface area contributed by atoms with Crippen molar-refractivity contribution in [1.82, 2.24) is 0 Å². The Kier molecular flexibility index (Phi) is 2.87. The van der Waals surface area contributed by atoms with E-state index >= 15 is 0 Å². The Morgan fingerprint density at radius 2 is 1.07 bits per heavy atom. The van der Waals surface area contributed by atoms with Gasteiger partial charge in [0.1, 0.15) is 0 Å². The molecule has 1 N–H and O–H groups in total. The Morgan fingerprint density at radius 1 is 0.786 bits per heavy atom. The second-order valence-electron chi connectivity index (χ2n) is 3.17. The molecular weight excluding hydrogens is 221 g/mol. The molecular formula is C6H7F7O. The molecule has 0 aromatic carbocycles. The predicted molar refractivity (Wildman–Crippen MR) is 32.2 cm³/mol. The minimum Gasteiger partial charge on any atom is -0.333 e. The summed E-state index contributed by atoms with van der Waals surface area (Å²) in [4.78, 5) is 0. The number of rotatable bonds is 2. The summed E-state index contributed by atoms with van der Waals surface area (Å²) in [6.45, 7) is -0.0742. The van der Waals surface area contributed by atoms with Crippen molar-refractivity contribution in [2.45, 2.75) is 37.5 Å². The molecule has 1 unspecified atom stereocenters. The lowest BCUT2D eigenvalue weighted by Crippen LogP contribution is -2.65. The molecule has 0 saturated carbocycles. The molecule has 0 aromatic rings. The third kappa shape index (κ3) is 1.79. The van der Waals surface area contributed by atoms with Crippen molar-refractivity contribution >= 4 is 0 Å². The highest BCUT2D eigenvalue weighted by Gasteiger charge is 2.78. The average molecular weight is 228 g/mol. The van der Waals surface area contributed by atoms with Crippen LogP contribution < -0.4 is 0 Å². The van der Waals surface area contributed by atoms with Crippen LogP contribution in [0.4, 0.5) is 30.7 Å². The molecule has 0 aliphatic rings. The molecule has 0 heterocycles. The normalized spacial score (nSPS) is 19.3. The van der Waals surface area contributed by atoms with E-state index in [2.05, 4.69) is 0 Å². The molecule has 0 fully saturated rings. The van der Waals surface area contributed by atoms with Crippen LogP contribution in [-0.2, 0) is 0 Å². The summed E-state index contributed by atoms with van der Waals surface area (Å²) in [6.07, 6.45) is -12.1. The fourth-order valence-corrected chi connectivity index (χ4v) is 0.865. The molecule has 8 heteroatoms. The lowest BCUT2D eigenvalue weighted by atomic mass is 9.87. The van der Waals surface area contributed by atoms with Crippen LogP contribution in [-0.4, -0.2) is 28.7 Å². The average Bonchev–Trinajstić information content (AvgIpc) is 1.77. The van der Waals surface area contributed by atoms with E-state index in [9.17, 15) is 30.7 Å². The van der Waals surface area contributed by atoms with E-state index in [1.807, 2.05) is 0 Å². The molecule has 0 aliphatic carbocycles. The molecule has 0 aliphatic heterocycles. The van der Waals surface area contributed by atoms with E-state index in [-0.39, 0.29) is 13.8 Å². The smallest absolute Gasteiger partial charge is 0.333 e. The number of hydrogen-bond acceptors (Lipinski definition) is 1. The van der Waals surface area contributed by atoms with Gasteiger partial charge in [0.25, 0.3) is 0 Å². The molecule has 1 nitrogen and oxygen atoms in total. The molecule has 1 atom stereocenters.